The Morgan fingerprint density at radius 1 is 1.43 bits per heavy atom. The average molecular weight is 321 g/mol. The van der Waals surface area contributed by atoms with Crippen LogP contribution >= 0.6 is 0 Å². The first-order chi connectivity index (χ1) is 11.1. The molecule has 7 nitrogen and oxygen atoms in total. The van der Waals surface area contributed by atoms with Crippen molar-refractivity contribution >= 4 is 5.91 Å². The van der Waals surface area contributed by atoms with Crippen LogP contribution in [0.4, 0.5) is 0 Å². The van der Waals surface area contributed by atoms with Crippen molar-refractivity contribution in [3.05, 3.63) is 12.2 Å². The maximum Gasteiger partial charge on any atom is 0.242 e. The van der Waals surface area contributed by atoms with Crippen molar-refractivity contribution in [2.75, 3.05) is 40.4 Å². The molecule has 0 saturated carbocycles. The molecule has 0 aliphatic carbocycles. The number of amides is 1. The molecular weight excluding hydrogens is 294 g/mol. The third-order valence-electron chi connectivity index (χ3n) is 5.43. The number of carbonyl (C=O) groups excluding carboxylic acids is 1. The molecular formula is C16H27N5O2. The summed E-state index contributed by atoms with van der Waals surface area (Å²) < 4.78 is 7.15. The highest BCUT2D eigenvalue weighted by atomic mass is 16.5. The van der Waals surface area contributed by atoms with Crippen molar-refractivity contribution in [1.82, 2.24) is 24.6 Å². The molecule has 7 heteroatoms. The maximum absolute atomic E-state index is 12.9. The fourth-order valence-electron chi connectivity index (χ4n) is 3.62. The normalized spacial score (nSPS) is 26.3. The zero-order chi connectivity index (χ0) is 16.4. The Morgan fingerprint density at radius 2 is 2.22 bits per heavy atom. The van der Waals surface area contributed by atoms with Gasteiger partial charge in [0.1, 0.15) is 12.2 Å². The first kappa shape index (κ1) is 16.4. The van der Waals surface area contributed by atoms with E-state index < -0.39 is 0 Å². The second-order valence-corrected chi connectivity index (χ2v) is 6.93. The molecule has 0 bridgehead atoms. The molecule has 2 aliphatic heterocycles. The summed E-state index contributed by atoms with van der Waals surface area (Å²) in [7, 11) is 3.75. The minimum Gasteiger partial charge on any atom is -0.383 e. The predicted octanol–water partition coefficient (Wildman–Crippen LogP) is 0.725. The Balaban J connectivity index is 1.60. The Bertz CT molecular complexity index is 554. The van der Waals surface area contributed by atoms with Gasteiger partial charge in [-0.05, 0) is 39.8 Å². The third-order valence-corrected chi connectivity index (χ3v) is 5.43. The Kier molecular flexibility index (Phi) is 4.68. The number of nitrogens with zero attached hydrogens (tertiary/aromatic N) is 5. The summed E-state index contributed by atoms with van der Waals surface area (Å²) in [6, 6.07) is 0. The van der Waals surface area contributed by atoms with Gasteiger partial charge >= 0.3 is 0 Å². The molecule has 2 aliphatic rings. The smallest absolute Gasteiger partial charge is 0.242 e. The van der Waals surface area contributed by atoms with Crippen LogP contribution in [0.2, 0.25) is 0 Å². The molecule has 23 heavy (non-hydrogen) atoms. The summed E-state index contributed by atoms with van der Waals surface area (Å²) in [4.78, 5) is 17.1. The lowest BCUT2D eigenvalue weighted by Gasteiger charge is -2.48. The number of piperidine rings is 1. The highest BCUT2D eigenvalue weighted by Crippen LogP contribution is 2.33. The van der Waals surface area contributed by atoms with Gasteiger partial charge in [0, 0.05) is 26.7 Å². The van der Waals surface area contributed by atoms with Gasteiger partial charge < -0.3 is 14.2 Å². The van der Waals surface area contributed by atoms with Crippen LogP contribution in [0.5, 0.6) is 0 Å². The number of hydrogen-bond donors (Lipinski definition) is 0. The lowest BCUT2D eigenvalue weighted by molar-refractivity contribution is -0.149. The van der Waals surface area contributed by atoms with Crippen LogP contribution in [0, 0.1) is 0 Å². The fraction of sp³-hybridized carbons (Fsp3) is 0.812. The molecule has 0 aromatic carbocycles. The van der Waals surface area contributed by atoms with Crippen molar-refractivity contribution in [3.63, 3.8) is 0 Å². The molecule has 0 radical (unpaired) electrons. The van der Waals surface area contributed by atoms with Crippen molar-refractivity contribution in [1.29, 1.82) is 0 Å². The zero-order valence-electron chi connectivity index (χ0n) is 14.4. The van der Waals surface area contributed by atoms with Gasteiger partial charge in [-0.2, -0.15) is 0 Å². The van der Waals surface area contributed by atoms with Crippen LogP contribution in [-0.4, -0.2) is 76.4 Å². The monoisotopic (exact) mass is 321 g/mol. The van der Waals surface area contributed by atoms with E-state index in [0.29, 0.717) is 6.61 Å². The van der Waals surface area contributed by atoms with E-state index in [9.17, 15) is 4.79 Å². The van der Waals surface area contributed by atoms with Crippen LogP contribution in [0.3, 0.4) is 0 Å². The van der Waals surface area contributed by atoms with Crippen molar-refractivity contribution in [2.24, 2.45) is 0 Å². The van der Waals surface area contributed by atoms with Crippen LogP contribution in [0.25, 0.3) is 0 Å². The molecule has 1 amide bonds. The van der Waals surface area contributed by atoms with E-state index in [4.69, 9.17) is 4.74 Å². The number of hydrogen-bond acceptors (Lipinski definition) is 5. The van der Waals surface area contributed by atoms with Gasteiger partial charge in [0.05, 0.1) is 18.1 Å². The molecule has 2 fully saturated rings. The van der Waals surface area contributed by atoms with Gasteiger partial charge in [0.25, 0.3) is 0 Å². The molecule has 0 spiro atoms. The summed E-state index contributed by atoms with van der Waals surface area (Å²) >= 11 is 0. The molecule has 1 aromatic heterocycles. The second kappa shape index (κ2) is 6.57. The highest BCUT2D eigenvalue weighted by molar-refractivity contribution is 5.87. The zero-order valence-corrected chi connectivity index (χ0v) is 14.4. The number of carbonyl (C=O) groups is 1. The van der Waals surface area contributed by atoms with E-state index in [0.717, 1.165) is 44.8 Å². The number of ether oxygens (including phenoxy) is 1. The highest BCUT2D eigenvalue weighted by Gasteiger charge is 2.46. The van der Waals surface area contributed by atoms with Crippen LogP contribution in [-0.2, 0) is 16.1 Å². The van der Waals surface area contributed by atoms with Crippen molar-refractivity contribution < 1.29 is 9.53 Å². The number of aromatic nitrogens is 3. The topological polar surface area (TPSA) is 63.5 Å². The lowest BCUT2D eigenvalue weighted by atomic mass is 9.85. The molecule has 0 unspecified atom stereocenters. The maximum atomic E-state index is 12.9. The van der Waals surface area contributed by atoms with E-state index in [1.165, 1.54) is 6.42 Å². The molecule has 1 aromatic rings. The molecule has 3 rings (SSSR count). The van der Waals surface area contributed by atoms with E-state index in [-0.39, 0.29) is 17.4 Å². The first-order valence-corrected chi connectivity index (χ1v) is 8.43. The summed E-state index contributed by atoms with van der Waals surface area (Å²) in [5.74, 6) is 1.52. The van der Waals surface area contributed by atoms with Gasteiger partial charge in [0.2, 0.25) is 5.91 Å². The minimum absolute atomic E-state index is 0.263. The molecule has 1 atom stereocenters. The average Bonchev–Trinajstić information content (AvgIpc) is 2.95. The molecule has 2 saturated heterocycles. The van der Waals surface area contributed by atoms with Crippen LogP contribution in [0.15, 0.2) is 6.33 Å². The van der Waals surface area contributed by atoms with Gasteiger partial charge in [-0.1, -0.05) is 0 Å². The van der Waals surface area contributed by atoms with Gasteiger partial charge in [-0.15, -0.1) is 10.2 Å². The second-order valence-electron chi connectivity index (χ2n) is 6.93. The largest absolute Gasteiger partial charge is 0.383 e. The van der Waals surface area contributed by atoms with Gasteiger partial charge in [-0.25, -0.2) is 0 Å². The van der Waals surface area contributed by atoms with E-state index in [1.807, 2.05) is 9.47 Å². The third kappa shape index (κ3) is 2.99. The van der Waals surface area contributed by atoms with Crippen LogP contribution in [0.1, 0.15) is 37.9 Å². The number of methoxy groups -OCH3 is 1. The standard InChI is InChI=1S/C16H27N5O2/c1-16(6-4-5-7-19(16)2)15(22)21-10-13(11-21)14-18-17-12-20(14)8-9-23-3/h12-13H,4-11H2,1-3H3/t16-/m1/s1. The molecule has 128 valence electrons. The number of likely N-dealkylation sites (tertiary alicyclic amines) is 2. The van der Waals surface area contributed by atoms with Crippen molar-refractivity contribution in [3.8, 4) is 0 Å². The minimum atomic E-state index is -0.340. The predicted molar refractivity (Wildman–Crippen MR) is 86.1 cm³/mol. The summed E-state index contributed by atoms with van der Waals surface area (Å²) in [5.41, 5.74) is -0.340. The SMILES string of the molecule is COCCn1cnnc1C1CN(C(=O)[C@@]2(C)CCCCN2C)C1. The first-order valence-electron chi connectivity index (χ1n) is 8.43. The quantitative estimate of drug-likeness (QED) is 0.800. The number of likely N-dealkylation sites (N-methyl/N-ethyl adjacent to an activating group) is 1. The Hall–Kier alpha value is -1.47. The van der Waals surface area contributed by atoms with E-state index >= 15 is 0 Å². The lowest BCUT2D eigenvalue weighted by Crippen LogP contribution is -2.62. The summed E-state index contributed by atoms with van der Waals surface area (Å²) in [5, 5.41) is 8.25. The van der Waals surface area contributed by atoms with Gasteiger partial charge in [-0.3, -0.25) is 9.69 Å². The van der Waals surface area contributed by atoms with Crippen molar-refractivity contribution in [2.45, 2.75) is 44.2 Å². The van der Waals surface area contributed by atoms with E-state index in [2.05, 4.69) is 29.1 Å². The van der Waals surface area contributed by atoms with Gasteiger partial charge in [0.15, 0.2) is 0 Å². The van der Waals surface area contributed by atoms with E-state index in [1.54, 1.807) is 13.4 Å². The fourth-order valence-corrected chi connectivity index (χ4v) is 3.62. The molecule has 3 heterocycles. The summed E-state index contributed by atoms with van der Waals surface area (Å²) in [6.07, 6.45) is 5.02. The van der Waals surface area contributed by atoms with Crippen LogP contribution < -0.4 is 0 Å². The molecule has 0 N–H and O–H groups in total. The summed E-state index contributed by atoms with van der Waals surface area (Å²) in [6.45, 7) is 5.97. The Morgan fingerprint density at radius 3 is 2.91 bits per heavy atom. The Labute approximate surface area is 137 Å². The number of rotatable bonds is 5.